The van der Waals surface area contributed by atoms with Crippen molar-refractivity contribution in [2.45, 2.75) is 59.1 Å². The molecule has 0 saturated heterocycles. The van der Waals surface area contributed by atoms with Gasteiger partial charge in [-0.2, -0.15) is 13.2 Å². The van der Waals surface area contributed by atoms with Gasteiger partial charge in [-0.3, -0.25) is 0 Å². The Labute approximate surface area is 211 Å². The van der Waals surface area contributed by atoms with Crippen molar-refractivity contribution in [3.63, 3.8) is 0 Å². The van der Waals surface area contributed by atoms with Gasteiger partial charge in [0, 0.05) is 12.0 Å². The third-order valence-electron chi connectivity index (χ3n) is 5.11. The number of ether oxygens (including phenoxy) is 3. The quantitative estimate of drug-likeness (QED) is 0.216. The molecule has 3 rings (SSSR count). The molecule has 10 heteroatoms. The minimum atomic E-state index is -4.41. The van der Waals surface area contributed by atoms with Gasteiger partial charge in [-0.1, -0.05) is 18.2 Å². The van der Waals surface area contributed by atoms with Crippen LogP contribution in [0, 0.1) is 12.7 Å². The topological polar surface area (TPSA) is 57.7 Å². The zero-order valence-electron chi connectivity index (χ0n) is 20.3. The fourth-order valence-electron chi connectivity index (χ4n) is 3.38. The van der Waals surface area contributed by atoms with Crippen LogP contribution < -0.4 is 4.74 Å². The van der Waals surface area contributed by atoms with Crippen molar-refractivity contribution < 1.29 is 36.6 Å². The van der Waals surface area contributed by atoms with E-state index in [0.717, 1.165) is 17.0 Å². The molecule has 0 aliphatic heterocycles. The summed E-state index contributed by atoms with van der Waals surface area (Å²) in [5.74, 6) is -1.07. The first-order valence-corrected chi connectivity index (χ1v) is 12.2. The number of esters is 1. The van der Waals surface area contributed by atoms with E-state index in [2.05, 4.69) is 4.98 Å². The van der Waals surface area contributed by atoms with Crippen molar-refractivity contribution in [3.8, 4) is 16.3 Å². The van der Waals surface area contributed by atoms with Gasteiger partial charge in [0.05, 0.1) is 28.8 Å². The molecule has 0 aliphatic carbocycles. The van der Waals surface area contributed by atoms with Crippen molar-refractivity contribution in [1.29, 1.82) is 0 Å². The van der Waals surface area contributed by atoms with Crippen LogP contribution in [0.2, 0.25) is 0 Å². The van der Waals surface area contributed by atoms with Crippen molar-refractivity contribution in [2.24, 2.45) is 0 Å². The first kappa shape index (κ1) is 27.6. The molecule has 5 nitrogen and oxygen atoms in total. The molecule has 1 unspecified atom stereocenters. The molecular weight excluding hydrogens is 498 g/mol. The normalized spacial score (nSPS) is 12.6. The summed E-state index contributed by atoms with van der Waals surface area (Å²) in [6.45, 7) is 7.32. The summed E-state index contributed by atoms with van der Waals surface area (Å²) >= 11 is 1.27. The predicted octanol–water partition coefficient (Wildman–Crippen LogP) is 6.75. The molecule has 0 spiro atoms. The third-order valence-corrected chi connectivity index (χ3v) is 6.29. The van der Waals surface area contributed by atoms with Crippen molar-refractivity contribution in [2.75, 3.05) is 6.61 Å². The minimum Gasteiger partial charge on any atom is -0.485 e. The van der Waals surface area contributed by atoms with Crippen molar-refractivity contribution >= 4 is 17.3 Å². The maximum Gasteiger partial charge on any atom is 0.416 e. The average molecular weight is 526 g/mol. The fourth-order valence-corrected chi connectivity index (χ4v) is 4.36. The van der Waals surface area contributed by atoms with Crippen LogP contribution >= 0.6 is 11.3 Å². The van der Waals surface area contributed by atoms with E-state index in [1.807, 2.05) is 0 Å². The Morgan fingerprint density at radius 3 is 2.39 bits per heavy atom. The summed E-state index contributed by atoms with van der Waals surface area (Å²) < 4.78 is 69.5. The van der Waals surface area contributed by atoms with Crippen molar-refractivity contribution in [3.05, 3.63) is 70.0 Å². The highest BCUT2D eigenvalue weighted by atomic mass is 32.1. The van der Waals surface area contributed by atoms with Crippen LogP contribution in [0.15, 0.2) is 42.5 Å². The van der Waals surface area contributed by atoms with Gasteiger partial charge >= 0.3 is 12.1 Å². The highest BCUT2D eigenvalue weighted by Crippen LogP contribution is 2.33. The largest absolute Gasteiger partial charge is 0.485 e. The van der Waals surface area contributed by atoms with Gasteiger partial charge < -0.3 is 14.2 Å². The lowest BCUT2D eigenvalue weighted by molar-refractivity contribution is -0.159. The Balaban J connectivity index is 1.67. The van der Waals surface area contributed by atoms with Crippen LogP contribution in [0.1, 0.15) is 42.5 Å². The highest BCUT2D eigenvalue weighted by Gasteiger charge is 2.30. The van der Waals surface area contributed by atoms with E-state index in [-0.39, 0.29) is 31.5 Å². The molecule has 194 valence electrons. The van der Waals surface area contributed by atoms with Gasteiger partial charge in [-0.25, -0.2) is 14.2 Å². The predicted molar refractivity (Wildman–Crippen MR) is 128 cm³/mol. The number of halogens is 4. The van der Waals surface area contributed by atoms with Gasteiger partial charge in [-0.05, 0) is 57.5 Å². The monoisotopic (exact) mass is 525 g/mol. The Bertz CT molecular complexity index is 1180. The lowest BCUT2D eigenvalue weighted by Crippen LogP contribution is -2.31. The van der Waals surface area contributed by atoms with Gasteiger partial charge in [0.1, 0.15) is 11.6 Å². The van der Waals surface area contributed by atoms with E-state index < -0.39 is 29.6 Å². The second-order valence-corrected chi connectivity index (χ2v) is 9.37. The fraction of sp³-hybridized carbons (Fsp3) is 0.385. The number of thiazole rings is 1. The smallest absolute Gasteiger partial charge is 0.416 e. The SMILES string of the molecule is CCOC(=O)C(Cc1ccc(OCc2sc(-c3ccc(C(F)(F)F)cc3)nc2C)c(F)c1)OC(C)C. The van der Waals surface area contributed by atoms with E-state index in [9.17, 15) is 22.4 Å². The first-order chi connectivity index (χ1) is 17.0. The molecule has 36 heavy (non-hydrogen) atoms. The molecule has 2 aromatic carbocycles. The lowest BCUT2D eigenvalue weighted by Gasteiger charge is -2.19. The van der Waals surface area contributed by atoms with Crippen LogP contribution in [0.3, 0.4) is 0 Å². The molecule has 0 saturated carbocycles. The number of hydrogen-bond acceptors (Lipinski definition) is 6. The lowest BCUT2D eigenvalue weighted by atomic mass is 10.1. The van der Waals surface area contributed by atoms with E-state index in [0.29, 0.717) is 21.8 Å². The molecule has 0 fully saturated rings. The summed E-state index contributed by atoms with van der Waals surface area (Å²) in [5, 5.41) is 0.547. The first-order valence-electron chi connectivity index (χ1n) is 11.3. The number of rotatable bonds is 10. The maximum absolute atomic E-state index is 14.7. The van der Waals surface area contributed by atoms with Crippen LogP contribution in [0.4, 0.5) is 17.6 Å². The van der Waals surface area contributed by atoms with Gasteiger partial charge in [0.15, 0.2) is 17.7 Å². The van der Waals surface area contributed by atoms with Crippen LogP contribution in [-0.4, -0.2) is 29.8 Å². The molecular formula is C26H27F4NO4S. The van der Waals surface area contributed by atoms with Crippen LogP contribution in [0.5, 0.6) is 5.75 Å². The Hall–Kier alpha value is -2.98. The zero-order valence-corrected chi connectivity index (χ0v) is 21.1. The number of aromatic nitrogens is 1. The molecule has 1 atom stereocenters. The average Bonchev–Trinajstić information content (AvgIpc) is 3.18. The maximum atomic E-state index is 14.7. The highest BCUT2D eigenvalue weighted by molar-refractivity contribution is 7.15. The van der Waals surface area contributed by atoms with Crippen LogP contribution in [-0.2, 0) is 33.5 Å². The van der Waals surface area contributed by atoms with Gasteiger partial charge in [-0.15, -0.1) is 11.3 Å². The number of hydrogen-bond donors (Lipinski definition) is 0. The molecule has 3 aromatic rings. The Morgan fingerprint density at radius 1 is 1.11 bits per heavy atom. The van der Waals surface area contributed by atoms with Crippen molar-refractivity contribution in [1.82, 2.24) is 4.98 Å². The number of alkyl halides is 3. The second-order valence-electron chi connectivity index (χ2n) is 8.29. The Morgan fingerprint density at radius 2 is 1.81 bits per heavy atom. The summed E-state index contributed by atoms with van der Waals surface area (Å²) in [6, 6.07) is 9.19. The van der Waals surface area contributed by atoms with E-state index in [4.69, 9.17) is 14.2 Å². The third kappa shape index (κ3) is 7.27. The van der Waals surface area contributed by atoms with E-state index in [1.165, 1.54) is 35.6 Å². The molecule has 1 heterocycles. The molecule has 0 bridgehead atoms. The van der Waals surface area contributed by atoms with Gasteiger partial charge in [0.2, 0.25) is 0 Å². The van der Waals surface area contributed by atoms with E-state index in [1.54, 1.807) is 33.8 Å². The summed E-state index contributed by atoms with van der Waals surface area (Å²) in [7, 11) is 0. The molecule has 0 N–H and O–H groups in total. The molecule has 0 radical (unpaired) electrons. The molecule has 0 amide bonds. The number of aryl methyl sites for hydroxylation is 1. The summed E-state index contributed by atoms with van der Waals surface area (Å²) in [4.78, 5) is 17.3. The number of benzene rings is 2. The molecule has 1 aromatic heterocycles. The Kier molecular flexibility index (Phi) is 9.08. The van der Waals surface area contributed by atoms with Gasteiger partial charge in [0.25, 0.3) is 0 Å². The number of nitrogens with zero attached hydrogens (tertiary/aromatic N) is 1. The van der Waals surface area contributed by atoms with Crippen LogP contribution in [0.25, 0.3) is 10.6 Å². The summed E-state index contributed by atoms with van der Waals surface area (Å²) in [6.07, 6.45) is -5.31. The number of carbonyl (C=O) groups excluding carboxylic acids is 1. The zero-order chi connectivity index (χ0) is 26.5. The van der Waals surface area contributed by atoms with E-state index >= 15 is 0 Å². The standard InChI is InChI=1S/C26H27F4NO4S/c1-5-33-25(32)22(35-15(2)3)13-17-6-11-21(20(27)12-17)34-14-23-16(4)31-24(36-23)18-7-9-19(10-8-18)26(28,29)30/h6-12,15,22H,5,13-14H2,1-4H3. The summed E-state index contributed by atoms with van der Waals surface area (Å²) in [5.41, 5.74) is 1.02. The second kappa shape index (κ2) is 11.8. The molecule has 0 aliphatic rings. The minimum absolute atomic E-state index is 0.0279. The number of carbonyl (C=O) groups is 1.